The number of ether oxygens (including phenoxy) is 1. The largest absolute Gasteiger partial charge is 0.466 e. The van der Waals surface area contributed by atoms with Crippen LogP contribution in [-0.4, -0.2) is 17.7 Å². The van der Waals surface area contributed by atoms with Gasteiger partial charge in [0, 0.05) is 12.0 Å². The maximum atomic E-state index is 13.5. The molecule has 0 aromatic heterocycles. The minimum atomic E-state index is -1.36. The molecule has 17 heavy (non-hydrogen) atoms. The van der Waals surface area contributed by atoms with Gasteiger partial charge in [0.25, 0.3) is 0 Å². The Morgan fingerprint density at radius 2 is 2.12 bits per heavy atom. The smallest absolute Gasteiger partial charge is 0.305 e. The van der Waals surface area contributed by atoms with Gasteiger partial charge in [-0.05, 0) is 26.3 Å². The molecule has 1 N–H and O–H groups in total. The molecule has 0 aliphatic heterocycles. The van der Waals surface area contributed by atoms with Crippen molar-refractivity contribution in [3.05, 3.63) is 35.6 Å². The van der Waals surface area contributed by atoms with Gasteiger partial charge in [-0.15, -0.1) is 0 Å². The first-order chi connectivity index (χ1) is 7.97. The Morgan fingerprint density at radius 1 is 1.47 bits per heavy atom. The summed E-state index contributed by atoms with van der Waals surface area (Å²) in [5.74, 6) is -0.856. The third-order valence-electron chi connectivity index (χ3n) is 2.58. The van der Waals surface area contributed by atoms with Crippen LogP contribution in [0.3, 0.4) is 0 Å². The topological polar surface area (TPSA) is 46.5 Å². The predicted octanol–water partition coefficient (Wildman–Crippen LogP) is 2.38. The van der Waals surface area contributed by atoms with Gasteiger partial charge in [-0.3, -0.25) is 4.79 Å². The number of carbonyl (C=O) groups is 1. The van der Waals surface area contributed by atoms with E-state index in [1.807, 2.05) is 0 Å². The van der Waals surface area contributed by atoms with Crippen LogP contribution < -0.4 is 0 Å². The van der Waals surface area contributed by atoms with Crippen LogP contribution in [0.15, 0.2) is 24.3 Å². The summed E-state index contributed by atoms with van der Waals surface area (Å²) in [4.78, 5) is 11.2. The van der Waals surface area contributed by atoms with Crippen molar-refractivity contribution < 1.29 is 19.0 Å². The minimum Gasteiger partial charge on any atom is -0.466 e. The molecule has 1 rings (SSSR count). The number of halogens is 1. The Hall–Kier alpha value is -1.42. The zero-order valence-electron chi connectivity index (χ0n) is 10.1. The van der Waals surface area contributed by atoms with E-state index in [1.54, 1.807) is 19.1 Å². The molecule has 4 heteroatoms. The summed E-state index contributed by atoms with van der Waals surface area (Å²) in [6, 6.07) is 6.01. The SMILES string of the molecule is CCOC(=O)CCC(C)(O)c1ccccc1F. The molecular weight excluding hydrogens is 223 g/mol. The van der Waals surface area contributed by atoms with E-state index >= 15 is 0 Å². The lowest BCUT2D eigenvalue weighted by Crippen LogP contribution is -2.24. The highest BCUT2D eigenvalue weighted by Crippen LogP contribution is 2.28. The molecule has 0 radical (unpaired) electrons. The molecule has 0 saturated heterocycles. The zero-order chi connectivity index (χ0) is 12.9. The van der Waals surface area contributed by atoms with Crippen LogP contribution in [0, 0.1) is 5.82 Å². The molecule has 94 valence electrons. The summed E-state index contributed by atoms with van der Waals surface area (Å²) in [5, 5.41) is 10.1. The van der Waals surface area contributed by atoms with Gasteiger partial charge in [0.15, 0.2) is 0 Å². The highest BCUT2D eigenvalue weighted by Gasteiger charge is 2.27. The number of hydrogen-bond donors (Lipinski definition) is 1. The maximum absolute atomic E-state index is 13.5. The summed E-state index contributed by atoms with van der Waals surface area (Å²) < 4.78 is 18.2. The van der Waals surface area contributed by atoms with E-state index in [2.05, 4.69) is 0 Å². The van der Waals surface area contributed by atoms with E-state index in [9.17, 15) is 14.3 Å². The van der Waals surface area contributed by atoms with Crippen LogP contribution in [0.1, 0.15) is 32.3 Å². The van der Waals surface area contributed by atoms with E-state index in [-0.39, 0.29) is 24.4 Å². The Bertz CT molecular complexity index is 388. The van der Waals surface area contributed by atoms with Crippen LogP contribution in [0.4, 0.5) is 4.39 Å². The molecule has 0 amide bonds. The van der Waals surface area contributed by atoms with Crippen molar-refractivity contribution in [1.29, 1.82) is 0 Å². The van der Waals surface area contributed by atoms with Gasteiger partial charge in [-0.25, -0.2) is 4.39 Å². The Labute approximate surface area is 100 Å². The Kier molecular flexibility index (Phi) is 4.63. The van der Waals surface area contributed by atoms with Crippen molar-refractivity contribution in [3.63, 3.8) is 0 Å². The fourth-order valence-electron chi connectivity index (χ4n) is 1.61. The van der Waals surface area contributed by atoms with Gasteiger partial charge >= 0.3 is 5.97 Å². The van der Waals surface area contributed by atoms with Crippen molar-refractivity contribution in [2.75, 3.05) is 6.61 Å². The number of benzene rings is 1. The second-order valence-corrected chi connectivity index (χ2v) is 4.06. The molecule has 0 heterocycles. The van der Waals surface area contributed by atoms with E-state index in [4.69, 9.17) is 4.74 Å². The normalized spacial score (nSPS) is 14.1. The number of rotatable bonds is 5. The van der Waals surface area contributed by atoms with E-state index in [1.165, 1.54) is 19.1 Å². The minimum absolute atomic E-state index is 0.0647. The standard InChI is InChI=1S/C13H17FO3/c1-3-17-12(15)8-9-13(2,16)10-6-4-5-7-11(10)14/h4-7,16H,3,8-9H2,1-2H3. The molecule has 1 atom stereocenters. The average Bonchev–Trinajstić information content (AvgIpc) is 2.27. The Balaban J connectivity index is 2.69. The molecule has 0 aliphatic rings. The molecule has 0 aliphatic carbocycles. The summed E-state index contributed by atoms with van der Waals surface area (Å²) >= 11 is 0. The summed E-state index contributed by atoms with van der Waals surface area (Å²) in [6.45, 7) is 3.51. The van der Waals surface area contributed by atoms with Crippen molar-refractivity contribution in [2.45, 2.75) is 32.3 Å². The molecular formula is C13H17FO3. The molecule has 0 fully saturated rings. The lowest BCUT2D eigenvalue weighted by Gasteiger charge is -2.23. The second kappa shape index (κ2) is 5.77. The van der Waals surface area contributed by atoms with Gasteiger partial charge in [0.1, 0.15) is 5.82 Å². The van der Waals surface area contributed by atoms with Crippen molar-refractivity contribution in [3.8, 4) is 0 Å². The monoisotopic (exact) mass is 240 g/mol. The summed E-state index contributed by atoms with van der Waals surface area (Å²) in [5.41, 5.74) is -1.16. The van der Waals surface area contributed by atoms with Crippen molar-refractivity contribution in [1.82, 2.24) is 0 Å². The van der Waals surface area contributed by atoms with Crippen molar-refractivity contribution in [2.24, 2.45) is 0 Å². The van der Waals surface area contributed by atoms with Crippen LogP contribution in [0.25, 0.3) is 0 Å². The molecule has 1 aromatic rings. The fraction of sp³-hybridized carbons (Fsp3) is 0.462. The number of hydrogen-bond acceptors (Lipinski definition) is 3. The van der Waals surface area contributed by atoms with E-state index < -0.39 is 11.4 Å². The van der Waals surface area contributed by atoms with E-state index in [0.29, 0.717) is 6.61 Å². The van der Waals surface area contributed by atoms with Crippen LogP contribution >= 0.6 is 0 Å². The molecule has 0 bridgehead atoms. The average molecular weight is 240 g/mol. The van der Waals surface area contributed by atoms with Gasteiger partial charge in [0.2, 0.25) is 0 Å². The fourth-order valence-corrected chi connectivity index (χ4v) is 1.61. The third kappa shape index (κ3) is 3.82. The summed E-state index contributed by atoms with van der Waals surface area (Å²) in [6.07, 6.45) is 0.196. The molecule has 1 aromatic carbocycles. The van der Waals surface area contributed by atoms with Crippen LogP contribution in [0.2, 0.25) is 0 Å². The molecule has 1 unspecified atom stereocenters. The van der Waals surface area contributed by atoms with Gasteiger partial charge in [0.05, 0.1) is 12.2 Å². The predicted molar refractivity (Wildman–Crippen MR) is 61.8 cm³/mol. The van der Waals surface area contributed by atoms with Crippen molar-refractivity contribution >= 4 is 5.97 Å². The zero-order valence-corrected chi connectivity index (χ0v) is 10.1. The first kappa shape index (κ1) is 13.6. The second-order valence-electron chi connectivity index (χ2n) is 4.06. The highest BCUT2D eigenvalue weighted by molar-refractivity contribution is 5.69. The lowest BCUT2D eigenvalue weighted by molar-refractivity contribution is -0.144. The number of carbonyl (C=O) groups excluding carboxylic acids is 1. The quantitative estimate of drug-likeness (QED) is 0.804. The highest BCUT2D eigenvalue weighted by atomic mass is 19.1. The summed E-state index contributed by atoms with van der Waals surface area (Å²) in [7, 11) is 0. The molecule has 0 saturated carbocycles. The first-order valence-corrected chi connectivity index (χ1v) is 5.60. The number of esters is 1. The van der Waals surface area contributed by atoms with Crippen LogP contribution in [0.5, 0.6) is 0 Å². The third-order valence-corrected chi connectivity index (χ3v) is 2.58. The Morgan fingerprint density at radius 3 is 2.71 bits per heavy atom. The number of aliphatic hydroxyl groups is 1. The molecule has 0 spiro atoms. The maximum Gasteiger partial charge on any atom is 0.305 e. The van der Waals surface area contributed by atoms with Gasteiger partial charge in [-0.1, -0.05) is 18.2 Å². The molecule has 3 nitrogen and oxygen atoms in total. The van der Waals surface area contributed by atoms with Gasteiger partial charge < -0.3 is 9.84 Å². The van der Waals surface area contributed by atoms with E-state index in [0.717, 1.165) is 0 Å². The van der Waals surface area contributed by atoms with Crippen LogP contribution in [-0.2, 0) is 15.1 Å². The van der Waals surface area contributed by atoms with Gasteiger partial charge in [-0.2, -0.15) is 0 Å². The lowest BCUT2D eigenvalue weighted by atomic mass is 9.91. The first-order valence-electron chi connectivity index (χ1n) is 5.60.